The van der Waals surface area contributed by atoms with Crippen molar-refractivity contribution in [1.82, 2.24) is 9.36 Å². The predicted molar refractivity (Wildman–Crippen MR) is 65.6 cm³/mol. The summed E-state index contributed by atoms with van der Waals surface area (Å²) in [5.41, 5.74) is 0.507. The Balaban J connectivity index is 2.04. The lowest BCUT2D eigenvalue weighted by Gasteiger charge is -1.99. The third kappa shape index (κ3) is 3.11. The maximum absolute atomic E-state index is 11.8. The first-order valence-corrected chi connectivity index (χ1v) is 5.83. The van der Waals surface area contributed by atoms with E-state index in [1.807, 2.05) is 6.07 Å². The molecule has 2 aromatic rings. The normalized spacial score (nSPS) is 10.0. The summed E-state index contributed by atoms with van der Waals surface area (Å²) in [6.07, 6.45) is -0.252. The molecule has 18 heavy (non-hydrogen) atoms. The van der Waals surface area contributed by atoms with E-state index >= 15 is 0 Å². The van der Waals surface area contributed by atoms with Crippen LogP contribution in [0.4, 0.5) is 5.13 Å². The molecular weight excluding hydrogens is 254 g/mol. The van der Waals surface area contributed by atoms with Crippen LogP contribution in [0.25, 0.3) is 0 Å². The minimum absolute atomic E-state index is 0.191. The minimum Gasteiger partial charge on any atom is -0.481 e. The van der Waals surface area contributed by atoms with Gasteiger partial charge in [0.05, 0.1) is 0 Å². The predicted octanol–water partition coefficient (Wildman–Crippen LogP) is 1.42. The topological polar surface area (TPSA) is 92.2 Å². The number of carbonyl (C=O) groups excluding carboxylic acids is 1. The van der Waals surface area contributed by atoms with Crippen molar-refractivity contribution in [2.24, 2.45) is 0 Å². The monoisotopic (exact) mass is 263 g/mol. The lowest BCUT2D eigenvalue weighted by Crippen LogP contribution is -2.11. The number of carbonyl (C=O) groups is 2. The number of hydrogen-bond acceptors (Lipinski definition) is 5. The van der Waals surface area contributed by atoms with Crippen molar-refractivity contribution < 1.29 is 14.7 Å². The van der Waals surface area contributed by atoms with Crippen LogP contribution in [0.5, 0.6) is 0 Å². The molecule has 1 heterocycles. The molecule has 0 saturated carbocycles. The number of benzene rings is 1. The van der Waals surface area contributed by atoms with Gasteiger partial charge in [0.1, 0.15) is 6.42 Å². The molecule has 0 aliphatic heterocycles. The van der Waals surface area contributed by atoms with Crippen molar-refractivity contribution in [3.05, 3.63) is 41.7 Å². The second-order valence-corrected chi connectivity index (χ2v) is 4.16. The molecule has 0 aliphatic rings. The van der Waals surface area contributed by atoms with E-state index in [0.29, 0.717) is 10.7 Å². The molecule has 0 unspecified atom stereocenters. The number of amides is 1. The van der Waals surface area contributed by atoms with E-state index in [0.717, 1.165) is 11.5 Å². The lowest BCUT2D eigenvalue weighted by atomic mass is 10.2. The highest BCUT2D eigenvalue weighted by Crippen LogP contribution is 2.13. The third-order valence-electron chi connectivity index (χ3n) is 2.03. The first-order chi connectivity index (χ1) is 8.65. The maximum Gasteiger partial charge on any atom is 0.311 e. The van der Waals surface area contributed by atoms with E-state index in [4.69, 9.17) is 5.11 Å². The highest BCUT2D eigenvalue weighted by atomic mass is 32.1. The van der Waals surface area contributed by atoms with E-state index in [9.17, 15) is 9.59 Å². The van der Waals surface area contributed by atoms with Gasteiger partial charge in [0.2, 0.25) is 5.13 Å². The highest BCUT2D eigenvalue weighted by molar-refractivity contribution is 7.09. The van der Waals surface area contributed by atoms with Crippen LogP contribution in [0.2, 0.25) is 0 Å². The molecule has 7 heteroatoms. The summed E-state index contributed by atoms with van der Waals surface area (Å²) in [7, 11) is 0. The zero-order valence-corrected chi connectivity index (χ0v) is 9.98. The van der Waals surface area contributed by atoms with Crippen molar-refractivity contribution in [1.29, 1.82) is 0 Å². The molecule has 0 spiro atoms. The molecule has 1 amide bonds. The summed E-state index contributed by atoms with van der Waals surface area (Å²) in [6, 6.07) is 8.67. The van der Waals surface area contributed by atoms with Gasteiger partial charge < -0.3 is 5.11 Å². The van der Waals surface area contributed by atoms with E-state index in [1.54, 1.807) is 24.3 Å². The summed E-state index contributed by atoms with van der Waals surface area (Å²) in [4.78, 5) is 26.1. The standard InChI is InChI=1S/C11H9N3O3S/c15-9(16)6-8-12-11(18-14-8)13-10(17)7-4-2-1-3-5-7/h1-5H,6H2,(H,15,16)(H,12,13,14,17). The lowest BCUT2D eigenvalue weighted by molar-refractivity contribution is -0.136. The van der Waals surface area contributed by atoms with Crippen molar-refractivity contribution in [3.8, 4) is 0 Å². The van der Waals surface area contributed by atoms with Crippen molar-refractivity contribution in [3.63, 3.8) is 0 Å². The van der Waals surface area contributed by atoms with Crippen molar-refractivity contribution >= 4 is 28.5 Å². The molecule has 92 valence electrons. The van der Waals surface area contributed by atoms with Gasteiger partial charge in [-0.05, 0) is 12.1 Å². The Hall–Kier alpha value is -2.28. The number of carboxylic acid groups (broad SMARTS) is 1. The number of hydrogen-bond donors (Lipinski definition) is 2. The summed E-state index contributed by atoms with van der Waals surface area (Å²) < 4.78 is 3.84. The van der Waals surface area contributed by atoms with E-state index in [2.05, 4.69) is 14.7 Å². The molecule has 2 rings (SSSR count). The summed E-state index contributed by atoms with van der Waals surface area (Å²) in [6.45, 7) is 0. The number of aromatic nitrogens is 2. The summed E-state index contributed by atoms with van der Waals surface area (Å²) in [5.74, 6) is -1.11. The van der Waals surface area contributed by atoms with Crippen LogP contribution in [0.15, 0.2) is 30.3 Å². The average molecular weight is 263 g/mol. The van der Waals surface area contributed by atoms with Gasteiger partial charge in [-0.2, -0.15) is 4.37 Å². The van der Waals surface area contributed by atoms with E-state index in [1.165, 1.54) is 0 Å². The van der Waals surface area contributed by atoms with Crippen LogP contribution >= 0.6 is 11.5 Å². The SMILES string of the molecule is O=C(O)Cc1nsc(NC(=O)c2ccccc2)n1. The molecule has 0 radical (unpaired) electrons. The van der Waals surface area contributed by atoms with Crippen molar-refractivity contribution in [2.75, 3.05) is 5.32 Å². The van der Waals surface area contributed by atoms with Gasteiger partial charge in [-0.3, -0.25) is 14.9 Å². The zero-order chi connectivity index (χ0) is 13.0. The largest absolute Gasteiger partial charge is 0.481 e. The number of rotatable bonds is 4. The fourth-order valence-electron chi connectivity index (χ4n) is 1.27. The van der Waals surface area contributed by atoms with Crippen LogP contribution in [0, 0.1) is 0 Å². The van der Waals surface area contributed by atoms with Gasteiger partial charge in [0, 0.05) is 17.1 Å². The Bertz CT molecular complexity index is 568. The van der Waals surface area contributed by atoms with Crippen molar-refractivity contribution in [2.45, 2.75) is 6.42 Å². The van der Waals surface area contributed by atoms with Gasteiger partial charge in [0.25, 0.3) is 5.91 Å². The number of aliphatic carboxylic acids is 1. The smallest absolute Gasteiger partial charge is 0.311 e. The molecule has 0 saturated heterocycles. The molecule has 2 N–H and O–H groups in total. The average Bonchev–Trinajstić information content (AvgIpc) is 2.76. The van der Waals surface area contributed by atoms with E-state index < -0.39 is 5.97 Å². The fraction of sp³-hybridized carbons (Fsp3) is 0.0909. The van der Waals surface area contributed by atoms with Crippen LogP contribution in [0.3, 0.4) is 0 Å². The Kier molecular flexibility index (Phi) is 3.63. The number of anilines is 1. The van der Waals surface area contributed by atoms with Gasteiger partial charge in [-0.1, -0.05) is 18.2 Å². The van der Waals surface area contributed by atoms with Crippen LogP contribution in [0.1, 0.15) is 16.2 Å². The highest BCUT2D eigenvalue weighted by Gasteiger charge is 2.11. The van der Waals surface area contributed by atoms with Crippen LogP contribution < -0.4 is 5.32 Å². The van der Waals surface area contributed by atoms with Gasteiger partial charge in [0.15, 0.2) is 5.82 Å². The quantitative estimate of drug-likeness (QED) is 0.870. The van der Waals surface area contributed by atoms with Gasteiger partial charge in [-0.15, -0.1) is 0 Å². The molecule has 6 nitrogen and oxygen atoms in total. The second kappa shape index (κ2) is 5.37. The molecule has 0 aliphatic carbocycles. The third-order valence-corrected chi connectivity index (χ3v) is 2.70. The number of nitrogens with one attached hydrogen (secondary N) is 1. The Morgan fingerprint density at radius 2 is 2.00 bits per heavy atom. The summed E-state index contributed by atoms with van der Waals surface area (Å²) in [5, 5.41) is 11.4. The zero-order valence-electron chi connectivity index (χ0n) is 9.16. The van der Waals surface area contributed by atoms with E-state index in [-0.39, 0.29) is 18.2 Å². The maximum atomic E-state index is 11.8. The number of nitrogens with zero attached hydrogens (tertiary/aromatic N) is 2. The Morgan fingerprint density at radius 1 is 1.28 bits per heavy atom. The molecule has 1 aromatic heterocycles. The van der Waals surface area contributed by atoms with Gasteiger partial charge >= 0.3 is 5.97 Å². The molecule has 1 aromatic carbocycles. The Morgan fingerprint density at radius 3 is 2.67 bits per heavy atom. The van der Waals surface area contributed by atoms with Gasteiger partial charge in [-0.25, -0.2) is 4.98 Å². The van der Waals surface area contributed by atoms with Crippen LogP contribution in [-0.4, -0.2) is 26.3 Å². The first kappa shape index (κ1) is 12.2. The molecule has 0 bridgehead atoms. The molecular formula is C11H9N3O3S. The number of carboxylic acids is 1. The minimum atomic E-state index is -1.01. The Labute approximate surface area is 106 Å². The first-order valence-electron chi connectivity index (χ1n) is 5.06. The molecule has 0 fully saturated rings. The fourth-order valence-corrected chi connectivity index (χ4v) is 1.85. The van der Waals surface area contributed by atoms with Crippen LogP contribution in [-0.2, 0) is 11.2 Å². The molecule has 0 atom stereocenters. The summed E-state index contributed by atoms with van der Waals surface area (Å²) >= 11 is 0.958. The second-order valence-electron chi connectivity index (χ2n) is 3.41.